The highest BCUT2D eigenvalue weighted by molar-refractivity contribution is 5.30. The molecule has 6 nitrogen and oxygen atoms in total. The molecule has 0 amide bonds. The van der Waals surface area contributed by atoms with Gasteiger partial charge in [0.25, 0.3) is 0 Å². The minimum atomic E-state index is -0.0573. The maximum absolute atomic E-state index is 5.65. The lowest BCUT2D eigenvalue weighted by Crippen LogP contribution is -2.30. The van der Waals surface area contributed by atoms with Crippen LogP contribution in [0.3, 0.4) is 0 Å². The molecule has 6 heteroatoms. The Morgan fingerprint density at radius 2 is 2.37 bits per heavy atom. The number of rotatable bonds is 6. The zero-order valence-corrected chi connectivity index (χ0v) is 11.2. The second-order valence-corrected chi connectivity index (χ2v) is 4.23. The molecular weight excluding hydrogens is 242 g/mol. The van der Waals surface area contributed by atoms with E-state index < -0.39 is 0 Å². The molecule has 0 aromatic carbocycles. The van der Waals surface area contributed by atoms with Crippen LogP contribution in [0.4, 0.5) is 0 Å². The number of pyridine rings is 1. The number of nitrogens with two attached hydrogens (primary N) is 1. The van der Waals surface area contributed by atoms with Gasteiger partial charge in [-0.3, -0.25) is 16.0 Å². The van der Waals surface area contributed by atoms with Crippen molar-refractivity contribution in [2.24, 2.45) is 5.84 Å². The molecule has 102 valence electrons. The van der Waals surface area contributed by atoms with Gasteiger partial charge in [-0.15, -0.1) is 0 Å². The van der Waals surface area contributed by atoms with Crippen LogP contribution >= 0.6 is 0 Å². The summed E-state index contributed by atoms with van der Waals surface area (Å²) >= 11 is 0. The van der Waals surface area contributed by atoms with Crippen LogP contribution in [0.25, 0.3) is 0 Å². The number of hydrogen-bond donors (Lipinski definition) is 2. The third kappa shape index (κ3) is 3.10. The van der Waals surface area contributed by atoms with Gasteiger partial charge in [0.2, 0.25) is 5.88 Å². The molecule has 1 unspecified atom stereocenters. The third-order valence-electron chi connectivity index (χ3n) is 3.02. The van der Waals surface area contributed by atoms with E-state index in [0.29, 0.717) is 5.88 Å². The number of ether oxygens (including phenoxy) is 1. The molecule has 0 fully saturated rings. The van der Waals surface area contributed by atoms with Crippen molar-refractivity contribution < 1.29 is 4.74 Å². The Morgan fingerprint density at radius 3 is 3.00 bits per heavy atom. The third-order valence-corrected chi connectivity index (χ3v) is 3.02. The van der Waals surface area contributed by atoms with Gasteiger partial charge in [-0.25, -0.2) is 4.98 Å². The van der Waals surface area contributed by atoms with Gasteiger partial charge >= 0.3 is 0 Å². The standard InChI is InChI=1S/C13H19N5O/c1-3-18-9-10(8-16-18)7-12(17-14)11-5-4-6-15-13(11)19-2/h4-6,8-9,12,17H,3,7,14H2,1-2H3. The molecule has 0 bridgehead atoms. The van der Waals surface area contributed by atoms with Gasteiger partial charge < -0.3 is 4.74 Å². The van der Waals surface area contributed by atoms with E-state index in [1.54, 1.807) is 13.3 Å². The number of nitrogens with zero attached hydrogens (tertiary/aromatic N) is 3. The molecule has 0 aliphatic carbocycles. The topological polar surface area (TPSA) is 78.0 Å². The SMILES string of the molecule is CCn1cc(CC(NN)c2cccnc2OC)cn1. The largest absolute Gasteiger partial charge is 0.481 e. The highest BCUT2D eigenvalue weighted by atomic mass is 16.5. The van der Waals surface area contributed by atoms with Gasteiger partial charge in [-0.1, -0.05) is 6.07 Å². The van der Waals surface area contributed by atoms with Crippen LogP contribution in [-0.2, 0) is 13.0 Å². The lowest BCUT2D eigenvalue weighted by Gasteiger charge is -2.17. The smallest absolute Gasteiger partial charge is 0.217 e. The predicted molar refractivity (Wildman–Crippen MR) is 72.5 cm³/mol. The van der Waals surface area contributed by atoms with Gasteiger partial charge in [0.05, 0.1) is 19.3 Å². The lowest BCUT2D eigenvalue weighted by atomic mass is 10.0. The van der Waals surface area contributed by atoms with E-state index in [9.17, 15) is 0 Å². The van der Waals surface area contributed by atoms with Crippen LogP contribution < -0.4 is 16.0 Å². The van der Waals surface area contributed by atoms with Crippen LogP contribution in [0.5, 0.6) is 5.88 Å². The minimum Gasteiger partial charge on any atom is -0.481 e. The van der Waals surface area contributed by atoms with Crippen LogP contribution in [0.2, 0.25) is 0 Å². The average Bonchev–Trinajstić information content (AvgIpc) is 2.92. The highest BCUT2D eigenvalue weighted by Crippen LogP contribution is 2.24. The summed E-state index contributed by atoms with van der Waals surface area (Å²) < 4.78 is 7.16. The van der Waals surface area contributed by atoms with Crippen LogP contribution in [0.1, 0.15) is 24.1 Å². The molecule has 0 radical (unpaired) electrons. The van der Waals surface area contributed by atoms with Gasteiger partial charge in [0.1, 0.15) is 0 Å². The normalized spacial score (nSPS) is 12.4. The number of hydrazine groups is 1. The number of aromatic nitrogens is 3. The van der Waals surface area contributed by atoms with Crippen molar-refractivity contribution in [3.05, 3.63) is 41.9 Å². The predicted octanol–water partition coefficient (Wildman–Crippen LogP) is 1.05. The van der Waals surface area contributed by atoms with E-state index in [-0.39, 0.29) is 6.04 Å². The van der Waals surface area contributed by atoms with Crippen molar-refractivity contribution in [2.75, 3.05) is 7.11 Å². The van der Waals surface area contributed by atoms with Gasteiger partial charge in [-0.2, -0.15) is 5.10 Å². The molecule has 2 aromatic heterocycles. The van der Waals surface area contributed by atoms with E-state index in [2.05, 4.69) is 22.4 Å². The average molecular weight is 261 g/mol. The first-order chi connectivity index (χ1) is 9.28. The maximum atomic E-state index is 5.65. The number of aryl methyl sites for hydroxylation is 1. The molecule has 2 rings (SSSR count). The molecular formula is C13H19N5O. The molecule has 0 aliphatic rings. The highest BCUT2D eigenvalue weighted by Gasteiger charge is 2.16. The minimum absolute atomic E-state index is 0.0573. The monoisotopic (exact) mass is 261 g/mol. The van der Waals surface area contributed by atoms with E-state index in [4.69, 9.17) is 10.6 Å². The van der Waals surface area contributed by atoms with Gasteiger partial charge in [0.15, 0.2) is 0 Å². The van der Waals surface area contributed by atoms with Crippen molar-refractivity contribution in [3.8, 4) is 5.88 Å². The van der Waals surface area contributed by atoms with E-state index >= 15 is 0 Å². The Labute approximate surface area is 112 Å². The van der Waals surface area contributed by atoms with E-state index in [1.807, 2.05) is 29.2 Å². The number of nitrogens with one attached hydrogen (secondary N) is 1. The fourth-order valence-electron chi connectivity index (χ4n) is 2.02. The van der Waals surface area contributed by atoms with Crippen molar-refractivity contribution in [1.82, 2.24) is 20.2 Å². The fraction of sp³-hybridized carbons (Fsp3) is 0.385. The Kier molecular flexibility index (Phi) is 4.48. The van der Waals surface area contributed by atoms with Crippen LogP contribution in [-0.4, -0.2) is 21.9 Å². The first-order valence-corrected chi connectivity index (χ1v) is 6.24. The Morgan fingerprint density at radius 1 is 1.53 bits per heavy atom. The molecule has 0 saturated carbocycles. The molecule has 0 saturated heterocycles. The fourth-order valence-corrected chi connectivity index (χ4v) is 2.02. The second kappa shape index (κ2) is 6.31. The zero-order chi connectivity index (χ0) is 13.7. The lowest BCUT2D eigenvalue weighted by molar-refractivity contribution is 0.382. The summed E-state index contributed by atoms with van der Waals surface area (Å²) in [7, 11) is 1.61. The summed E-state index contributed by atoms with van der Waals surface area (Å²) in [6.45, 7) is 2.91. The first-order valence-electron chi connectivity index (χ1n) is 6.24. The number of methoxy groups -OCH3 is 1. The first kappa shape index (κ1) is 13.5. The molecule has 3 N–H and O–H groups in total. The Balaban J connectivity index is 2.19. The second-order valence-electron chi connectivity index (χ2n) is 4.23. The Hall–Kier alpha value is -1.92. The summed E-state index contributed by atoms with van der Waals surface area (Å²) in [6.07, 6.45) is 6.31. The molecule has 1 atom stereocenters. The van der Waals surface area contributed by atoms with Crippen LogP contribution in [0, 0.1) is 0 Å². The van der Waals surface area contributed by atoms with E-state index in [1.165, 1.54) is 0 Å². The van der Waals surface area contributed by atoms with Crippen molar-refractivity contribution in [2.45, 2.75) is 25.9 Å². The quantitative estimate of drug-likeness (QED) is 0.600. The van der Waals surface area contributed by atoms with Crippen molar-refractivity contribution >= 4 is 0 Å². The molecule has 0 spiro atoms. The van der Waals surface area contributed by atoms with Crippen LogP contribution in [0.15, 0.2) is 30.7 Å². The summed E-state index contributed by atoms with van der Waals surface area (Å²) in [5.41, 5.74) is 4.87. The molecule has 2 heterocycles. The van der Waals surface area contributed by atoms with Gasteiger partial charge in [0, 0.05) is 24.5 Å². The zero-order valence-electron chi connectivity index (χ0n) is 11.2. The Bertz CT molecular complexity index is 525. The maximum Gasteiger partial charge on any atom is 0.217 e. The summed E-state index contributed by atoms with van der Waals surface area (Å²) in [4.78, 5) is 4.19. The van der Waals surface area contributed by atoms with E-state index in [0.717, 1.165) is 24.1 Å². The summed E-state index contributed by atoms with van der Waals surface area (Å²) in [5, 5.41) is 4.26. The molecule has 0 aliphatic heterocycles. The molecule has 19 heavy (non-hydrogen) atoms. The summed E-state index contributed by atoms with van der Waals surface area (Å²) in [5.74, 6) is 6.25. The van der Waals surface area contributed by atoms with Crippen molar-refractivity contribution in [1.29, 1.82) is 0 Å². The van der Waals surface area contributed by atoms with Crippen molar-refractivity contribution in [3.63, 3.8) is 0 Å². The van der Waals surface area contributed by atoms with Gasteiger partial charge in [-0.05, 0) is 25.0 Å². The number of hydrogen-bond acceptors (Lipinski definition) is 5. The molecule has 2 aromatic rings. The summed E-state index contributed by atoms with van der Waals surface area (Å²) in [6, 6.07) is 3.77.